The molecular formula is C15H20N3. The van der Waals surface area contributed by atoms with Gasteiger partial charge in [-0.3, -0.25) is 4.40 Å². The van der Waals surface area contributed by atoms with Gasteiger partial charge in [0.15, 0.2) is 0 Å². The molecule has 0 bridgehead atoms. The number of piperidine rings is 1. The van der Waals surface area contributed by atoms with E-state index in [2.05, 4.69) is 47.0 Å². The van der Waals surface area contributed by atoms with Crippen LogP contribution in [-0.4, -0.2) is 22.5 Å². The highest BCUT2D eigenvalue weighted by molar-refractivity contribution is 5.46. The highest BCUT2D eigenvalue weighted by Gasteiger charge is 2.18. The largest absolute Gasteiger partial charge is 0.317 e. The van der Waals surface area contributed by atoms with Crippen LogP contribution in [-0.2, 0) is 6.42 Å². The average Bonchev–Trinajstić information content (AvgIpc) is 2.80. The SMILES string of the molecule is CCc1[c]n2cc(C3CCNCC3)c(C)cc2n1. The molecule has 0 unspecified atom stereocenters. The Morgan fingerprint density at radius 3 is 2.94 bits per heavy atom. The Bertz CT molecular complexity index is 550. The van der Waals surface area contributed by atoms with Crippen LogP contribution in [0, 0.1) is 13.1 Å². The lowest BCUT2D eigenvalue weighted by Gasteiger charge is -2.24. The summed E-state index contributed by atoms with van der Waals surface area (Å²) in [4.78, 5) is 4.57. The Morgan fingerprint density at radius 1 is 1.44 bits per heavy atom. The minimum Gasteiger partial charge on any atom is -0.317 e. The van der Waals surface area contributed by atoms with E-state index in [1.807, 2.05) is 0 Å². The molecule has 0 saturated carbocycles. The number of pyridine rings is 1. The van der Waals surface area contributed by atoms with Crippen molar-refractivity contribution in [2.24, 2.45) is 0 Å². The van der Waals surface area contributed by atoms with Crippen LogP contribution in [0.15, 0.2) is 12.3 Å². The first-order valence-corrected chi connectivity index (χ1v) is 6.89. The molecule has 1 saturated heterocycles. The lowest BCUT2D eigenvalue weighted by molar-refractivity contribution is 0.458. The maximum Gasteiger partial charge on any atom is 0.137 e. The molecule has 0 spiro atoms. The molecule has 0 amide bonds. The standard InChI is InChI=1S/C15H20N3/c1-3-13-9-18-10-14(11(2)8-15(18)17-13)12-4-6-16-7-5-12/h8,10,12,16H,3-7H2,1-2H3. The molecule has 3 rings (SSSR count). The van der Waals surface area contributed by atoms with Crippen molar-refractivity contribution in [2.75, 3.05) is 13.1 Å². The van der Waals surface area contributed by atoms with Crippen molar-refractivity contribution in [3.63, 3.8) is 0 Å². The molecule has 3 heterocycles. The first-order chi connectivity index (χ1) is 8.78. The van der Waals surface area contributed by atoms with Gasteiger partial charge in [-0.25, -0.2) is 4.98 Å². The molecule has 3 nitrogen and oxygen atoms in total. The molecule has 2 aromatic rings. The second kappa shape index (κ2) is 4.73. The summed E-state index contributed by atoms with van der Waals surface area (Å²) < 4.78 is 2.07. The van der Waals surface area contributed by atoms with Crippen molar-refractivity contribution in [1.82, 2.24) is 14.7 Å². The fraction of sp³-hybridized carbons (Fsp3) is 0.533. The van der Waals surface area contributed by atoms with Gasteiger partial charge in [-0.1, -0.05) is 6.92 Å². The molecule has 1 aliphatic heterocycles. The molecule has 1 aliphatic rings. The summed E-state index contributed by atoms with van der Waals surface area (Å²) >= 11 is 0. The van der Waals surface area contributed by atoms with E-state index in [1.54, 1.807) is 0 Å². The van der Waals surface area contributed by atoms with E-state index in [9.17, 15) is 0 Å². The van der Waals surface area contributed by atoms with Gasteiger partial charge in [0.05, 0.1) is 11.9 Å². The summed E-state index contributed by atoms with van der Waals surface area (Å²) in [6.45, 7) is 6.60. The first kappa shape index (κ1) is 11.7. The third-order valence-corrected chi connectivity index (χ3v) is 3.93. The monoisotopic (exact) mass is 242 g/mol. The maximum absolute atomic E-state index is 4.57. The number of rotatable bonds is 2. The predicted molar refractivity (Wildman–Crippen MR) is 73.0 cm³/mol. The van der Waals surface area contributed by atoms with E-state index in [-0.39, 0.29) is 0 Å². The van der Waals surface area contributed by atoms with E-state index in [4.69, 9.17) is 0 Å². The molecule has 3 heteroatoms. The zero-order chi connectivity index (χ0) is 12.5. The van der Waals surface area contributed by atoms with Gasteiger partial charge < -0.3 is 5.32 Å². The van der Waals surface area contributed by atoms with Gasteiger partial charge in [-0.2, -0.15) is 0 Å². The van der Waals surface area contributed by atoms with Gasteiger partial charge in [-0.15, -0.1) is 0 Å². The maximum atomic E-state index is 4.57. The number of hydrogen-bond donors (Lipinski definition) is 1. The molecule has 0 aliphatic carbocycles. The molecule has 0 aromatic carbocycles. The van der Waals surface area contributed by atoms with Crippen LogP contribution in [0.3, 0.4) is 0 Å². The summed E-state index contributed by atoms with van der Waals surface area (Å²) in [5.41, 5.74) is 4.93. The minimum absolute atomic E-state index is 0.691. The van der Waals surface area contributed by atoms with E-state index in [0.29, 0.717) is 5.92 Å². The number of fused-ring (bicyclic) bond motifs is 1. The van der Waals surface area contributed by atoms with E-state index in [1.165, 1.54) is 24.0 Å². The topological polar surface area (TPSA) is 29.3 Å². The van der Waals surface area contributed by atoms with Crippen molar-refractivity contribution in [2.45, 2.75) is 39.0 Å². The van der Waals surface area contributed by atoms with Gasteiger partial charge in [0, 0.05) is 6.20 Å². The van der Waals surface area contributed by atoms with E-state index < -0.39 is 0 Å². The van der Waals surface area contributed by atoms with Gasteiger partial charge in [0.2, 0.25) is 0 Å². The summed E-state index contributed by atoms with van der Waals surface area (Å²) in [5.74, 6) is 0.691. The summed E-state index contributed by atoms with van der Waals surface area (Å²) in [5, 5.41) is 3.43. The average molecular weight is 242 g/mol. The normalized spacial score (nSPS) is 17.4. The Kier molecular flexibility index (Phi) is 3.08. The zero-order valence-corrected chi connectivity index (χ0v) is 11.2. The van der Waals surface area contributed by atoms with Crippen LogP contribution in [0.4, 0.5) is 0 Å². The van der Waals surface area contributed by atoms with Crippen molar-refractivity contribution in [1.29, 1.82) is 0 Å². The molecule has 1 radical (unpaired) electrons. The smallest absolute Gasteiger partial charge is 0.137 e. The second-order valence-corrected chi connectivity index (χ2v) is 5.19. The van der Waals surface area contributed by atoms with Crippen LogP contribution < -0.4 is 5.32 Å². The fourth-order valence-electron chi connectivity index (χ4n) is 2.85. The van der Waals surface area contributed by atoms with Gasteiger partial charge in [0.1, 0.15) is 5.65 Å². The third-order valence-electron chi connectivity index (χ3n) is 3.93. The molecule has 1 N–H and O–H groups in total. The quantitative estimate of drug-likeness (QED) is 0.876. The Hall–Kier alpha value is -1.35. The predicted octanol–water partition coefficient (Wildman–Crippen LogP) is 2.47. The van der Waals surface area contributed by atoms with Crippen molar-refractivity contribution < 1.29 is 0 Å². The lowest BCUT2D eigenvalue weighted by Crippen LogP contribution is -2.27. The van der Waals surface area contributed by atoms with Crippen molar-refractivity contribution in [3.05, 3.63) is 35.3 Å². The van der Waals surface area contributed by atoms with Crippen LogP contribution >= 0.6 is 0 Å². The Balaban J connectivity index is 2.02. The second-order valence-electron chi connectivity index (χ2n) is 5.19. The number of nitrogens with one attached hydrogen (secondary N) is 1. The molecule has 18 heavy (non-hydrogen) atoms. The molecule has 1 fully saturated rings. The van der Waals surface area contributed by atoms with Gasteiger partial charge in [0.25, 0.3) is 0 Å². The first-order valence-electron chi connectivity index (χ1n) is 6.89. The Labute approximate surface area is 108 Å². The molecular weight excluding hydrogens is 222 g/mol. The van der Waals surface area contributed by atoms with Gasteiger partial charge in [-0.05, 0) is 62.4 Å². The molecule has 95 valence electrons. The molecule has 2 aromatic heterocycles. The van der Waals surface area contributed by atoms with E-state index >= 15 is 0 Å². The third kappa shape index (κ3) is 2.03. The summed E-state index contributed by atoms with van der Waals surface area (Å²) in [6.07, 6.45) is 9.01. The summed E-state index contributed by atoms with van der Waals surface area (Å²) in [7, 11) is 0. The number of imidazole rings is 1. The minimum atomic E-state index is 0.691. The number of aromatic nitrogens is 2. The van der Waals surface area contributed by atoms with Crippen molar-refractivity contribution >= 4 is 5.65 Å². The van der Waals surface area contributed by atoms with Gasteiger partial charge >= 0.3 is 0 Å². The number of hydrogen-bond acceptors (Lipinski definition) is 2. The fourth-order valence-corrected chi connectivity index (χ4v) is 2.85. The highest BCUT2D eigenvalue weighted by Crippen LogP contribution is 2.28. The Morgan fingerprint density at radius 2 is 2.22 bits per heavy atom. The van der Waals surface area contributed by atoms with Crippen LogP contribution in [0.5, 0.6) is 0 Å². The molecule has 0 atom stereocenters. The van der Waals surface area contributed by atoms with E-state index in [0.717, 1.165) is 30.9 Å². The number of nitrogens with zero attached hydrogens (tertiary/aromatic N) is 2. The number of aryl methyl sites for hydroxylation is 2. The highest BCUT2D eigenvalue weighted by atomic mass is 15.0. The van der Waals surface area contributed by atoms with Crippen LogP contribution in [0.1, 0.15) is 42.5 Å². The summed E-state index contributed by atoms with van der Waals surface area (Å²) in [6, 6.07) is 2.20. The van der Waals surface area contributed by atoms with Crippen LogP contribution in [0.2, 0.25) is 0 Å². The van der Waals surface area contributed by atoms with Crippen molar-refractivity contribution in [3.8, 4) is 0 Å². The zero-order valence-electron chi connectivity index (χ0n) is 11.2. The van der Waals surface area contributed by atoms with Crippen LogP contribution in [0.25, 0.3) is 5.65 Å². The lowest BCUT2D eigenvalue weighted by atomic mass is 9.89.